The Balaban J connectivity index is 2.11. The van der Waals surface area contributed by atoms with E-state index in [9.17, 15) is 0 Å². The minimum Gasteiger partial charge on any atom is -0.0877 e. The molecule has 0 nitrogen and oxygen atoms in total. The Morgan fingerprint density at radius 2 is 2.25 bits per heavy atom. The minimum atomic E-state index is 0.820. The third-order valence-electron chi connectivity index (χ3n) is 1.33. The van der Waals surface area contributed by atoms with Gasteiger partial charge in [-0.05, 0) is 18.8 Å². The van der Waals surface area contributed by atoms with E-state index >= 15 is 0 Å². The van der Waals surface area contributed by atoms with E-state index in [1.54, 1.807) is 0 Å². The van der Waals surface area contributed by atoms with Crippen LogP contribution in [0.4, 0.5) is 0 Å². The number of rotatable bonds is 2. The number of hydrogen-bond acceptors (Lipinski definition) is 0. The summed E-state index contributed by atoms with van der Waals surface area (Å²) in [6.45, 7) is 0. The Hall–Kier alpha value is 1.20. The quantitative estimate of drug-likeness (QED) is 0.414. The number of hydrogen-bond donors (Lipinski definition) is 0. The Bertz CT molecular complexity index is 96.7. The maximum absolute atomic E-state index is 2.47. The summed E-state index contributed by atoms with van der Waals surface area (Å²) in [5.41, 5.74) is 0. The summed E-state index contributed by atoms with van der Waals surface area (Å²) in [6, 6.07) is 0. The lowest BCUT2D eigenvalue weighted by atomic mass is 9.93. The normalized spacial score (nSPS) is 26.1. The molecule has 0 bridgehead atoms. The third-order valence-corrected chi connectivity index (χ3v) is 2.35. The molecule has 46 valence electrons. The highest BCUT2D eigenvalue weighted by atomic mass is 127. The molecule has 0 saturated heterocycles. The lowest BCUT2D eigenvalue weighted by molar-refractivity contribution is 0.594. The zero-order chi connectivity index (χ0) is 5.98. The van der Waals surface area contributed by atoms with Crippen LogP contribution in [0.5, 0.6) is 0 Å². The maximum atomic E-state index is 2.47. The fourth-order valence-electron chi connectivity index (χ4n) is 0.732. The van der Waals surface area contributed by atoms with Crippen molar-refractivity contribution < 1.29 is 0 Å². The minimum absolute atomic E-state index is 0.820. The summed E-state index contributed by atoms with van der Waals surface area (Å²) >= 11 is 4.94. The monoisotopic (exact) mass is 334 g/mol. The van der Waals surface area contributed by atoms with Crippen molar-refractivity contribution in [3.8, 4) is 0 Å². The molecule has 0 aromatic carbocycles. The molecule has 1 aliphatic rings. The summed E-state index contributed by atoms with van der Waals surface area (Å²) in [7, 11) is 0. The summed E-state index contributed by atoms with van der Waals surface area (Å²) in [4.78, 5) is 0. The smallest absolute Gasteiger partial charge is 0.0632 e. The van der Waals surface area contributed by atoms with Crippen molar-refractivity contribution in [1.29, 1.82) is 0 Å². The molecule has 1 aliphatic carbocycles. The van der Waals surface area contributed by atoms with E-state index in [4.69, 9.17) is 0 Å². The van der Waals surface area contributed by atoms with Gasteiger partial charge in [0.05, 0.1) is 1.93 Å². The van der Waals surface area contributed by atoms with Gasteiger partial charge in [-0.1, -0.05) is 57.3 Å². The molecule has 0 heterocycles. The Labute approximate surface area is 77.4 Å². The van der Waals surface area contributed by atoms with E-state index in [0.29, 0.717) is 0 Å². The molecular formula is C6H8I2. The van der Waals surface area contributed by atoms with Crippen molar-refractivity contribution in [1.82, 2.24) is 0 Å². The van der Waals surface area contributed by atoms with Crippen molar-refractivity contribution in [2.75, 3.05) is 0 Å². The number of allylic oxidation sites excluding steroid dienone is 2. The van der Waals surface area contributed by atoms with Crippen molar-refractivity contribution >= 4 is 45.2 Å². The Morgan fingerprint density at radius 1 is 1.62 bits per heavy atom. The van der Waals surface area contributed by atoms with E-state index < -0.39 is 0 Å². The first kappa shape index (κ1) is 7.31. The van der Waals surface area contributed by atoms with Gasteiger partial charge >= 0.3 is 0 Å². The molecule has 0 amide bonds. The molecule has 0 aromatic rings. The second-order valence-corrected chi connectivity index (χ2v) is 7.44. The van der Waals surface area contributed by atoms with Gasteiger partial charge in [-0.15, -0.1) is 0 Å². The van der Waals surface area contributed by atoms with Crippen LogP contribution in [0.3, 0.4) is 0 Å². The highest BCUT2D eigenvalue weighted by Crippen LogP contribution is 2.27. The van der Waals surface area contributed by atoms with E-state index in [1.165, 1.54) is 12.8 Å². The first-order valence-electron chi connectivity index (χ1n) is 2.74. The first-order chi connectivity index (χ1) is 3.79. The molecule has 1 atom stereocenters. The largest absolute Gasteiger partial charge is 0.0877 e. The Kier molecular flexibility index (Phi) is 3.10. The summed E-state index contributed by atoms with van der Waals surface area (Å²) in [5.74, 6) is 0.911. The molecule has 1 rings (SSSR count). The van der Waals surface area contributed by atoms with Crippen LogP contribution in [-0.4, -0.2) is 1.93 Å². The highest BCUT2D eigenvalue weighted by Gasteiger charge is 2.12. The fourth-order valence-corrected chi connectivity index (χ4v) is 2.04. The van der Waals surface area contributed by atoms with Crippen molar-refractivity contribution in [3.05, 3.63) is 12.2 Å². The third kappa shape index (κ3) is 2.21. The van der Waals surface area contributed by atoms with Gasteiger partial charge in [-0.2, -0.15) is 0 Å². The van der Waals surface area contributed by atoms with Crippen LogP contribution in [0, 0.1) is 5.92 Å². The molecule has 0 saturated carbocycles. The van der Waals surface area contributed by atoms with Gasteiger partial charge < -0.3 is 0 Å². The van der Waals surface area contributed by atoms with Crippen molar-refractivity contribution in [2.45, 2.75) is 14.8 Å². The highest BCUT2D eigenvalue weighted by molar-refractivity contribution is 14.2. The summed E-state index contributed by atoms with van der Waals surface area (Å²) in [5, 5.41) is 0. The van der Waals surface area contributed by atoms with Crippen LogP contribution in [0.2, 0.25) is 0 Å². The van der Waals surface area contributed by atoms with Gasteiger partial charge in [-0.25, -0.2) is 0 Å². The predicted octanol–water partition coefficient (Wildman–Crippen LogP) is 3.15. The molecule has 2 heteroatoms. The number of alkyl halides is 2. The second kappa shape index (κ2) is 3.39. The molecule has 0 aliphatic heterocycles. The van der Waals surface area contributed by atoms with E-state index in [-0.39, 0.29) is 0 Å². The first-order valence-corrected chi connectivity index (χ1v) is 5.23. The topological polar surface area (TPSA) is 0 Å². The average Bonchev–Trinajstić information content (AvgIpc) is 1.55. The van der Waals surface area contributed by atoms with E-state index in [1.807, 2.05) is 0 Å². The zero-order valence-electron chi connectivity index (χ0n) is 4.48. The van der Waals surface area contributed by atoms with Gasteiger partial charge in [0.2, 0.25) is 0 Å². The van der Waals surface area contributed by atoms with Gasteiger partial charge in [-0.3, -0.25) is 0 Å². The molecule has 0 N–H and O–H groups in total. The summed E-state index contributed by atoms with van der Waals surface area (Å²) in [6.07, 6.45) is 7.24. The van der Waals surface area contributed by atoms with Gasteiger partial charge in [0, 0.05) is 0 Å². The summed E-state index contributed by atoms with van der Waals surface area (Å²) < 4.78 is 0.820. The predicted molar refractivity (Wildman–Crippen MR) is 53.7 cm³/mol. The van der Waals surface area contributed by atoms with Crippen LogP contribution in [0.25, 0.3) is 0 Å². The molecule has 0 aromatic heterocycles. The van der Waals surface area contributed by atoms with Crippen LogP contribution in [0.1, 0.15) is 12.8 Å². The van der Waals surface area contributed by atoms with Crippen LogP contribution >= 0.6 is 45.2 Å². The average molecular weight is 334 g/mol. The van der Waals surface area contributed by atoms with Crippen LogP contribution in [-0.2, 0) is 0 Å². The van der Waals surface area contributed by atoms with Gasteiger partial charge in [0.1, 0.15) is 0 Å². The van der Waals surface area contributed by atoms with Gasteiger partial charge in [0.15, 0.2) is 0 Å². The molecule has 8 heavy (non-hydrogen) atoms. The van der Waals surface area contributed by atoms with Crippen molar-refractivity contribution in [3.63, 3.8) is 0 Å². The van der Waals surface area contributed by atoms with Gasteiger partial charge in [0.25, 0.3) is 0 Å². The van der Waals surface area contributed by atoms with Crippen molar-refractivity contribution in [2.24, 2.45) is 5.92 Å². The zero-order valence-corrected chi connectivity index (χ0v) is 8.79. The molecule has 1 unspecified atom stereocenters. The molecule has 0 radical (unpaired) electrons. The lowest BCUT2D eigenvalue weighted by Gasteiger charge is -2.17. The van der Waals surface area contributed by atoms with Crippen LogP contribution < -0.4 is 0 Å². The van der Waals surface area contributed by atoms with E-state index in [2.05, 4.69) is 57.3 Å². The molecule has 0 fully saturated rings. The fraction of sp³-hybridized carbons (Fsp3) is 0.667. The Morgan fingerprint density at radius 3 is 2.38 bits per heavy atom. The van der Waals surface area contributed by atoms with E-state index in [0.717, 1.165) is 7.85 Å². The standard InChI is InChI=1S/C6H8I2/c7-6(8)4-5-2-1-3-5/h1-2,5-6H,3-4H2. The molecule has 0 spiro atoms. The SMILES string of the molecule is IC(I)CC1C=CC1. The maximum Gasteiger partial charge on any atom is 0.0632 e. The lowest BCUT2D eigenvalue weighted by Crippen LogP contribution is -2.05. The second-order valence-electron chi connectivity index (χ2n) is 2.05. The number of halogens is 2. The van der Waals surface area contributed by atoms with Crippen LogP contribution in [0.15, 0.2) is 12.2 Å². The molecular weight excluding hydrogens is 326 g/mol.